The number of aromatic nitrogens is 4. The molecule has 0 bridgehead atoms. The van der Waals surface area contributed by atoms with Crippen LogP contribution in [0.2, 0.25) is 5.02 Å². The van der Waals surface area contributed by atoms with E-state index in [1.807, 2.05) is 0 Å². The molecule has 0 aliphatic heterocycles. The Morgan fingerprint density at radius 1 is 1.17 bits per heavy atom. The number of methoxy groups -OCH3 is 1. The standard InChI is InChI=1S/C18H13ClN4O4S2/c1-27-15-6-10(19)2-4-13(15)17-12-5-3-11(7-14(12)18(24)23-22-17)29(25,26)8-16-21-20-9-28-16/h2-7,9H,8H2,1H3,(H,23,24). The average molecular weight is 449 g/mol. The number of hydrogen-bond donors (Lipinski definition) is 1. The van der Waals surface area contributed by atoms with Gasteiger partial charge in [-0.15, -0.1) is 21.5 Å². The van der Waals surface area contributed by atoms with Crippen LogP contribution in [0.5, 0.6) is 5.75 Å². The van der Waals surface area contributed by atoms with Gasteiger partial charge in [0.2, 0.25) is 0 Å². The van der Waals surface area contributed by atoms with Crippen LogP contribution < -0.4 is 10.3 Å². The highest BCUT2D eigenvalue weighted by Gasteiger charge is 2.20. The third-order valence-corrected chi connectivity index (χ3v) is 7.00. The fourth-order valence-corrected chi connectivity index (χ4v) is 5.24. The molecular formula is C18H13ClN4O4S2. The zero-order valence-corrected chi connectivity index (χ0v) is 17.3. The molecule has 0 saturated carbocycles. The molecule has 0 saturated heterocycles. The molecule has 0 radical (unpaired) electrons. The molecule has 4 rings (SSSR count). The molecule has 11 heteroatoms. The SMILES string of the molecule is COc1cc(Cl)ccc1-c1n[nH]c(=O)c2cc(S(=O)(=O)Cc3nncs3)ccc12. The number of hydrogen-bond acceptors (Lipinski definition) is 8. The van der Waals surface area contributed by atoms with E-state index >= 15 is 0 Å². The van der Waals surface area contributed by atoms with Crippen molar-refractivity contribution in [1.82, 2.24) is 20.4 Å². The van der Waals surface area contributed by atoms with Crippen molar-refractivity contribution >= 4 is 43.5 Å². The summed E-state index contributed by atoms with van der Waals surface area (Å²) >= 11 is 7.17. The Labute approximate surface area is 174 Å². The van der Waals surface area contributed by atoms with Crippen molar-refractivity contribution in [2.24, 2.45) is 0 Å². The predicted molar refractivity (Wildman–Crippen MR) is 110 cm³/mol. The van der Waals surface area contributed by atoms with Crippen molar-refractivity contribution in [1.29, 1.82) is 0 Å². The highest BCUT2D eigenvalue weighted by molar-refractivity contribution is 7.90. The lowest BCUT2D eigenvalue weighted by Crippen LogP contribution is -2.12. The maximum Gasteiger partial charge on any atom is 0.272 e. The van der Waals surface area contributed by atoms with E-state index in [2.05, 4.69) is 20.4 Å². The van der Waals surface area contributed by atoms with E-state index in [4.69, 9.17) is 16.3 Å². The fourth-order valence-electron chi connectivity index (χ4n) is 2.91. The maximum absolute atomic E-state index is 12.7. The molecule has 1 N–H and O–H groups in total. The van der Waals surface area contributed by atoms with Crippen LogP contribution in [0.4, 0.5) is 0 Å². The lowest BCUT2D eigenvalue weighted by molar-refractivity contribution is 0.416. The van der Waals surface area contributed by atoms with Gasteiger partial charge < -0.3 is 4.74 Å². The lowest BCUT2D eigenvalue weighted by Gasteiger charge is -2.11. The number of nitrogens with one attached hydrogen (secondary N) is 1. The Balaban J connectivity index is 1.87. The number of nitrogens with zero attached hydrogens (tertiary/aromatic N) is 3. The van der Waals surface area contributed by atoms with Gasteiger partial charge in [-0.25, -0.2) is 13.5 Å². The van der Waals surface area contributed by atoms with Gasteiger partial charge in [0.15, 0.2) is 9.84 Å². The van der Waals surface area contributed by atoms with E-state index in [9.17, 15) is 13.2 Å². The van der Waals surface area contributed by atoms with E-state index in [0.717, 1.165) is 11.3 Å². The Morgan fingerprint density at radius 2 is 2.00 bits per heavy atom. The van der Waals surface area contributed by atoms with Crippen LogP contribution in [0.15, 0.2) is 51.6 Å². The van der Waals surface area contributed by atoms with Gasteiger partial charge in [-0.05, 0) is 30.3 Å². The monoisotopic (exact) mass is 448 g/mol. The summed E-state index contributed by atoms with van der Waals surface area (Å²) in [6.45, 7) is 0. The van der Waals surface area contributed by atoms with Crippen molar-refractivity contribution < 1.29 is 13.2 Å². The normalized spacial score (nSPS) is 11.7. The molecule has 2 heterocycles. The largest absolute Gasteiger partial charge is 0.496 e. The summed E-state index contributed by atoms with van der Waals surface area (Å²) in [6, 6.07) is 9.40. The third-order valence-electron chi connectivity index (χ3n) is 4.26. The molecule has 4 aromatic rings. The van der Waals surface area contributed by atoms with Crippen molar-refractivity contribution in [2.45, 2.75) is 10.6 Å². The van der Waals surface area contributed by atoms with Crippen LogP contribution in [0.1, 0.15) is 5.01 Å². The van der Waals surface area contributed by atoms with E-state index in [-0.39, 0.29) is 16.0 Å². The summed E-state index contributed by atoms with van der Waals surface area (Å²) in [4.78, 5) is 12.4. The Bertz CT molecular complexity index is 1370. The molecule has 0 fully saturated rings. The van der Waals surface area contributed by atoms with Gasteiger partial charge in [0.25, 0.3) is 5.56 Å². The van der Waals surface area contributed by atoms with Crippen LogP contribution in [-0.4, -0.2) is 35.9 Å². The van der Waals surface area contributed by atoms with Gasteiger partial charge in [-0.2, -0.15) is 5.10 Å². The zero-order chi connectivity index (χ0) is 20.6. The van der Waals surface area contributed by atoms with Crippen molar-refractivity contribution in [2.75, 3.05) is 7.11 Å². The van der Waals surface area contributed by atoms with E-state index in [1.54, 1.807) is 24.3 Å². The number of halogens is 1. The van der Waals surface area contributed by atoms with Gasteiger partial charge in [-0.1, -0.05) is 17.7 Å². The van der Waals surface area contributed by atoms with Crippen molar-refractivity contribution in [3.05, 3.63) is 62.3 Å². The van der Waals surface area contributed by atoms with Gasteiger partial charge in [0, 0.05) is 16.0 Å². The zero-order valence-electron chi connectivity index (χ0n) is 14.9. The molecule has 8 nitrogen and oxygen atoms in total. The molecule has 2 aromatic carbocycles. The summed E-state index contributed by atoms with van der Waals surface area (Å²) in [5.74, 6) is 0.190. The van der Waals surface area contributed by atoms with Crippen LogP contribution >= 0.6 is 22.9 Å². The molecule has 0 aliphatic rings. The van der Waals surface area contributed by atoms with Gasteiger partial charge >= 0.3 is 0 Å². The first-order chi connectivity index (χ1) is 13.9. The van der Waals surface area contributed by atoms with Gasteiger partial charge in [-0.3, -0.25) is 4.79 Å². The molecule has 0 aliphatic carbocycles. The smallest absolute Gasteiger partial charge is 0.272 e. The second-order valence-corrected chi connectivity index (χ2v) is 9.39. The minimum absolute atomic E-state index is 0.0194. The van der Waals surface area contributed by atoms with Crippen molar-refractivity contribution in [3.8, 4) is 17.0 Å². The number of rotatable bonds is 5. The minimum Gasteiger partial charge on any atom is -0.496 e. The third kappa shape index (κ3) is 3.74. The molecule has 0 amide bonds. The highest BCUT2D eigenvalue weighted by Crippen LogP contribution is 2.34. The summed E-state index contributed by atoms with van der Waals surface area (Å²) in [5.41, 5.74) is 2.03. The molecular weight excluding hydrogens is 436 g/mol. The first kappa shape index (κ1) is 19.5. The van der Waals surface area contributed by atoms with E-state index in [0.29, 0.717) is 32.4 Å². The molecule has 148 valence electrons. The quantitative estimate of drug-likeness (QED) is 0.498. The number of H-pyrrole nitrogens is 1. The number of benzene rings is 2. The predicted octanol–water partition coefficient (Wildman–Crippen LogP) is 3.08. The molecule has 2 aromatic heterocycles. The highest BCUT2D eigenvalue weighted by atomic mass is 35.5. The Morgan fingerprint density at radius 3 is 2.72 bits per heavy atom. The van der Waals surface area contributed by atoms with Gasteiger partial charge in [0.05, 0.1) is 17.4 Å². The summed E-state index contributed by atoms with van der Waals surface area (Å²) in [5, 5.41) is 15.5. The first-order valence-corrected chi connectivity index (χ1v) is 11.1. The summed E-state index contributed by atoms with van der Waals surface area (Å²) < 4.78 is 30.8. The van der Waals surface area contributed by atoms with Crippen LogP contribution in [-0.2, 0) is 15.6 Å². The second-order valence-electron chi connectivity index (χ2n) is 6.04. The van der Waals surface area contributed by atoms with Crippen LogP contribution in [0.25, 0.3) is 22.0 Å². The Kier molecular flexibility index (Phi) is 5.07. The minimum atomic E-state index is -3.69. The topological polar surface area (TPSA) is 115 Å². The van der Waals surface area contributed by atoms with Crippen LogP contribution in [0, 0.1) is 0 Å². The molecule has 29 heavy (non-hydrogen) atoms. The lowest BCUT2D eigenvalue weighted by atomic mass is 10.0. The van der Waals surface area contributed by atoms with Crippen LogP contribution in [0.3, 0.4) is 0 Å². The average Bonchev–Trinajstić information content (AvgIpc) is 3.20. The second kappa shape index (κ2) is 7.54. The molecule has 0 atom stereocenters. The summed E-state index contributed by atoms with van der Waals surface area (Å²) in [7, 11) is -2.19. The number of ether oxygens (including phenoxy) is 1. The van der Waals surface area contributed by atoms with E-state index in [1.165, 1.54) is 24.8 Å². The number of aromatic amines is 1. The van der Waals surface area contributed by atoms with Gasteiger partial charge in [0.1, 0.15) is 27.7 Å². The number of sulfone groups is 1. The fraction of sp³-hybridized carbons (Fsp3) is 0.111. The first-order valence-electron chi connectivity index (χ1n) is 8.23. The molecule has 0 unspecified atom stereocenters. The number of fused-ring (bicyclic) bond motifs is 1. The Hall–Kier alpha value is -2.82. The van der Waals surface area contributed by atoms with E-state index < -0.39 is 15.4 Å². The molecule has 0 spiro atoms. The summed E-state index contributed by atoms with van der Waals surface area (Å²) in [6.07, 6.45) is 0. The van der Waals surface area contributed by atoms with Crippen molar-refractivity contribution in [3.63, 3.8) is 0 Å². The maximum atomic E-state index is 12.7.